The monoisotopic (exact) mass is 475 g/mol. The Bertz CT molecular complexity index is 1210. The number of aromatic nitrogens is 2. The highest BCUT2D eigenvalue weighted by Crippen LogP contribution is 2.35. The van der Waals surface area contributed by atoms with E-state index in [0.29, 0.717) is 17.7 Å². The second-order valence-corrected chi connectivity index (χ2v) is 10.2. The third kappa shape index (κ3) is 5.20. The van der Waals surface area contributed by atoms with Crippen LogP contribution in [0, 0.1) is 5.92 Å². The van der Waals surface area contributed by atoms with Crippen molar-refractivity contribution in [2.45, 2.75) is 58.3 Å². The molecule has 5 rings (SSSR count). The van der Waals surface area contributed by atoms with Gasteiger partial charge in [-0.05, 0) is 69.4 Å². The van der Waals surface area contributed by atoms with Gasteiger partial charge in [-0.3, -0.25) is 0 Å². The van der Waals surface area contributed by atoms with Gasteiger partial charge in [-0.15, -0.1) is 0 Å². The fraction of sp³-hybridized carbons (Fsp3) is 0.429. The smallest absolute Gasteiger partial charge is 0.335 e. The third-order valence-electron chi connectivity index (χ3n) is 6.69. The van der Waals surface area contributed by atoms with Gasteiger partial charge in [-0.2, -0.15) is 5.10 Å². The van der Waals surface area contributed by atoms with Gasteiger partial charge in [-0.25, -0.2) is 9.48 Å². The molecule has 35 heavy (non-hydrogen) atoms. The quantitative estimate of drug-likeness (QED) is 0.452. The van der Waals surface area contributed by atoms with Gasteiger partial charge < -0.3 is 19.5 Å². The molecule has 2 fully saturated rings. The third-order valence-corrected chi connectivity index (χ3v) is 6.69. The highest BCUT2D eigenvalue weighted by atomic mass is 16.5. The first-order chi connectivity index (χ1) is 16.8. The maximum Gasteiger partial charge on any atom is 0.335 e. The number of carbonyl (C=O) groups is 1. The van der Waals surface area contributed by atoms with Crippen molar-refractivity contribution >= 4 is 11.7 Å². The molecule has 7 nitrogen and oxygen atoms in total. The number of carboxylic acids is 1. The van der Waals surface area contributed by atoms with Gasteiger partial charge in [0.05, 0.1) is 35.5 Å². The first kappa shape index (κ1) is 23.4. The van der Waals surface area contributed by atoms with Crippen LogP contribution >= 0.6 is 0 Å². The molecule has 0 bridgehead atoms. The van der Waals surface area contributed by atoms with Gasteiger partial charge in [0.1, 0.15) is 5.75 Å². The van der Waals surface area contributed by atoms with E-state index in [-0.39, 0.29) is 6.61 Å². The van der Waals surface area contributed by atoms with Gasteiger partial charge in [0.15, 0.2) is 5.60 Å². The summed E-state index contributed by atoms with van der Waals surface area (Å²) in [4.78, 5) is 14.0. The lowest BCUT2D eigenvalue weighted by molar-refractivity contribution is -0.162. The maximum atomic E-state index is 11.5. The summed E-state index contributed by atoms with van der Waals surface area (Å²) < 4.78 is 13.7. The standard InChI is InChI=1S/C28H33N3O4/c1-19-13-14-30(17-19)24-9-4-5-10-25(24)31-26(16-21(29-31)18-34-28(2,3)27(32)33)20-7-6-8-23(15-20)35-22-11-12-22/h4-10,15-16,19,22H,11-14,17-18H2,1-3H3,(H,32,33)/t19-/m1/s1. The molecule has 2 heterocycles. The van der Waals surface area contributed by atoms with Gasteiger partial charge in [-0.1, -0.05) is 31.2 Å². The number of rotatable bonds is 9. The van der Waals surface area contributed by atoms with Gasteiger partial charge in [0.25, 0.3) is 0 Å². The van der Waals surface area contributed by atoms with E-state index in [1.807, 2.05) is 28.9 Å². The molecule has 1 saturated heterocycles. The molecule has 184 valence electrons. The van der Waals surface area contributed by atoms with Crippen LogP contribution in [0.1, 0.15) is 45.7 Å². The van der Waals surface area contributed by atoms with E-state index in [2.05, 4.69) is 42.2 Å². The van der Waals surface area contributed by atoms with Crippen LogP contribution in [0.25, 0.3) is 16.9 Å². The van der Waals surface area contributed by atoms with E-state index >= 15 is 0 Å². The van der Waals surface area contributed by atoms with Crippen LogP contribution < -0.4 is 9.64 Å². The summed E-state index contributed by atoms with van der Waals surface area (Å²) in [7, 11) is 0. The Kier molecular flexibility index (Phi) is 6.28. The van der Waals surface area contributed by atoms with Crippen molar-refractivity contribution in [1.29, 1.82) is 0 Å². The van der Waals surface area contributed by atoms with Crippen molar-refractivity contribution in [1.82, 2.24) is 9.78 Å². The molecule has 1 atom stereocenters. The molecule has 0 amide bonds. The Labute approximate surface area is 206 Å². The van der Waals surface area contributed by atoms with E-state index in [0.717, 1.165) is 54.3 Å². The topological polar surface area (TPSA) is 76.8 Å². The predicted octanol–water partition coefficient (Wildman–Crippen LogP) is 5.31. The number of aliphatic carboxylic acids is 1. The lowest BCUT2D eigenvalue weighted by Gasteiger charge is -2.22. The predicted molar refractivity (Wildman–Crippen MR) is 135 cm³/mol. The highest BCUT2D eigenvalue weighted by molar-refractivity contribution is 5.76. The van der Waals surface area contributed by atoms with E-state index in [1.165, 1.54) is 6.42 Å². The minimum Gasteiger partial charge on any atom is -0.490 e. The van der Waals surface area contributed by atoms with Crippen molar-refractivity contribution < 1.29 is 19.4 Å². The Morgan fingerprint density at radius 3 is 2.54 bits per heavy atom. The van der Waals surface area contributed by atoms with Crippen molar-refractivity contribution in [3.8, 4) is 22.7 Å². The normalized spacial score (nSPS) is 18.1. The van der Waals surface area contributed by atoms with Crippen LogP contribution in [0.4, 0.5) is 5.69 Å². The molecule has 3 aromatic rings. The second-order valence-electron chi connectivity index (χ2n) is 10.2. The summed E-state index contributed by atoms with van der Waals surface area (Å²) in [5, 5.41) is 14.4. The molecule has 2 aromatic carbocycles. The molecule has 7 heteroatoms. The SMILES string of the molecule is C[C@@H]1CCN(c2ccccc2-n2nc(COC(C)(C)C(=O)O)cc2-c2cccc(OC3CC3)c2)C1. The summed E-state index contributed by atoms with van der Waals surface area (Å²) in [6.07, 6.45) is 3.69. The Morgan fingerprint density at radius 2 is 1.86 bits per heavy atom. The van der Waals surface area contributed by atoms with Crippen molar-refractivity contribution in [3.63, 3.8) is 0 Å². The lowest BCUT2D eigenvalue weighted by Crippen LogP contribution is -2.34. The number of hydrogen-bond donors (Lipinski definition) is 1. The molecule has 1 N–H and O–H groups in total. The van der Waals surface area contributed by atoms with Gasteiger partial charge in [0, 0.05) is 18.7 Å². The number of nitrogens with zero attached hydrogens (tertiary/aromatic N) is 3. The first-order valence-electron chi connectivity index (χ1n) is 12.4. The molecule has 1 aliphatic carbocycles. The maximum absolute atomic E-state index is 11.5. The first-order valence-corrected chi connectivity index (χ1v) is 12.4. The van der Waals surface area contributed by atoms with Crippen LogP contribution in [0.15, 0.2) is 54.6 Å². The molecule has 0 radical (unpaired) electrons. The molecule has 2 aliphatic rings. The Morgan fingerprint density at radius 1 is 1.09 bits per heavy atom. The molecular formula is C28H33N3O4. The average Bonchev–Trinajstić information content (AvgIpc) is 3.38. The van der Waals surface area contributed by atoms with Crippen LogP contribution in [-0.4, -0.2) is 45.7 Å². The summed E-state index contributed by atoms with van der Waals surface area (Å²) in [5.41, 5.74) is 3.42. The molecule has 0 spiro atoms. The summed E-state index contributed by atoms with van der Waals surface area (Å²) in [6, 6.07) is 18.4. The summed E-state index contributed by atoms with van der Waals surface area (Å²) in [5.74, 6) is 0.499. The van der Waals surface area contributed by atoms with Crippen LogP contribution in [-0.2, 0) is 16.1 Å². The van der Waals surface area contributed by atoms with Gasteiger partial charge in [0.2, 0.25) is 0 Å². The van der Waals surface area contributed by atoms with Crippen molar-refractivity contribution in [2.24, 2.45) is 5.92 Å². The molecular weight excluding hydrogens is 442 g/mol. The second kappa shape index (κ2) is 9.38. The number of anilines is 1. The molecule has 1 aliphatic heterocycles. The van der Waals surface area contributed by atoms with E-state index in [9.17, 15) is 9.90 Å². The number of ether oxygens (including phenoxy) is 2. The zero-order valence-corrected chi connectivity index (χ0v) is 20.6. The number of carboxylic acid groups (broad SMARTS) is 1. The lowest BCUT2D eigenvalue weighted by atomic mass is 10.1. The summed E-state index contributed by atoms with van der Waals surface area (Å²) >= 11 is 0. The summed E-state index contributed by atoms with van der Waals surface area (Å²) in [6.45, 7) is 7.52. The fourth-order valence-electron chi connectivity index (χ4n) is 4.38. The molecule has 1 saturated carbocycles. The van der Waals surface area contributed by atoms with E-state index in [4.69, 9.17) is 14.6 Å². The highest BCUT2D eigenvalue weighted by Gasteiger charge is 2.29. The number of para-hydroxylation sites is 2. The van der Waals surface area contributed by atoms with Crippen LogP contribution in [0.2, 0.25) is 0 Å². The molecule has 0 unspecified atom stereocenters. The minimum absolute atomic E-state index is 0.0977. The van der Waals surface area contributed by atoms with E-state index in [1.54, 1.807) is 13.8 Å². The fourth-order valence-corrected chi connectivity index (χ4v) is 4.38. The van der Waals surface area contributed by atoms with Crippen molar-refractivity contribution in [3.05, 3.63) is 60.3 Å². The average molecular weight is 476 g/mol. The molecule has 1 aromatic heterocycles. The van der Waals surface area contributed by atoms with Crippen LogP contribution in [0.3, 0.4) is 0 Å². The largest absolute Gasteiger partial charge is 0.490 e. The van der Waals surface area contributed by atoms with Crippen molar-refractivity contribution in [2.75, 3.05) is 18.0 Å². The van der Waals surface area contributed by atoms with Gasteiger partial charge >= 0.3 is 5.97 Å². The van der Waals surface area contributed by atoms with E-state index < -0.39 is 11.6 Å². The minimum atomic E-state index is -1.30. The Hall–Kier alpha value is -3.32. The number of benzene rings is 2. The Balaban J connectivity index is 1.55. The zero-order valence-electron chi connectivity index (χ0n) is 20.6. The zero-order chi connectivity index (χ0) is 24.6. The number of hydrogen-bond acceptors (Lipinski definition) is 5. The van der Waals surface area contributed by atoms with Crippen LogP contribution in [0.5, 0.6) is 5.75 Å².